The molecule has 0 saturated carbocycles. The highest BCUT2D eigenvalue weighted by atomic mass is 32.2. The number of hydrogen-bond donors (Lipinski definition) is 2. The highest BCUT2D eigenvalue weighted by molar-refractivity contribution is 8.00. The van der Waals surface area contributed by atoms with Crippen LogP contribution in [0.1, 0.15) is 30.6 Å². The molecule has 5 heteroatoms. The molecule has 110 valence electrons. The summed E-state index contributed by atoms with van der Waals surface area (Å²) in [5, 5.41) is 3.51. The molecule has 0 radical (unpaired) electrons. The van der Waals surface area contributed by atoms with Crippen molar-refractivity contribution >= 4 is 29.0 Å². The summed E-state index contributed by atoms with van der Waals surface area (Å²) in [6, 6.07) is 5.55. The van der Waals surface area contributed by atoms with Crippen LogP contribution in [0.2, 0.25) is 0 Å². The van der Waals surface area contributed by atoms with Crippen molar-refractivity contribution in [2.75, 3.05) is 36.0 Å². The molecule has 4 nitrogen and oxygen atoms in total. The zero-order valence-electron chi connectivity index (χ0n) is 12.2. The first-order valence-corrected chi connectivity index (χ1v) is 8.24. The number of nitrogen functional groups attached to an aromatic ring is 1. The second-order valence-electron chi connectivity index (χ2n) is 4.98. The third-order valence-electron chi connectivity index (χ3n) is 3.54. The molecule has 1 unspecified atom stereocenters. The Morgan fingerprint density at radius 1 is 1.50 bits per heavy atom. The highest BCUT2D eigenvalue weighted by Crippen LogP contribution is 2.29. The monoisotopic (exact) mass is 293 g/mol. The van der Waals surface area contributed by atoms with Gasteiger partial charge in [0.1, 0.15) is 0 Å². The first-order chi connectivity index (χ1) is 9.65. The van der Waals surface area contributed by atoms with Crippen LogP contribution in [-0.2, 0) is 0 Å². The van der Waals surface area contributed by atoms with Gasteiger partial charge in [0.05, 0.1) is 11.3 Å². The summed E-state index contributed by atoms with van der Waals surface area (Å²) in [7, 11) is 0. The first-order valence-electron chi connectivity index (χ1n) is 7.20. The standard InChI is InChI=1S/C15H23N3OS/c1-3-12-10-18(7-8-20-12)14-9-11(16)5-6-13(14)15(19)17-4-2/h5-6,9,12H,3-4,7-8,10,16H2,1-2H3,(H,17,19). The number of anilines is 2. The molecule has 0 aliphatic carbocycles. The lowest BCUT2D eigenvalue weighted by molar-refractivity contribution is 0.0956. The Labute approximate surface area is 125 Å². The molecule has 1 heterocycles. The van der Waals surface area contributed by atoms with Crippen LogP contribution in [0.5, 0.6) is 0 Å². The third kappa shape index (κ3) is 3.39. The van der Waals surface area contributed by atoms with Crippen LogP contribution in [0.3, 0.4) is 0 Å². The average molecular weight is 293 g/mol. The van der Waals surface area contributed by atoms with E-state index >= 15 is 0 Å². The van der Waals surface area contributed by atoms with E-state index in [9.17, 15) is 4.79 Å². The van der Waals surface area contributed by atoms with Crippen LogP contribution in [0.15, 0.2) is 18.2 Å². The van der Waals surface area contributed by atoms with Gasteiger partial charge < -0.3 is 16.0 Å². The summed E-state index contributed by atoms with van der Waals surface area (Å²) in [5.41, 5.74) is 8.31. The lowest BCUT2D eigenvalue weighted by Crippen LogP contribution is -2.39. The first kappa shape index (κ1) is 15.0. The molecule has 3 N–H and O–H groups in total. The Balaban J connectivity index is 2.28. The Kier molecular flexibility index (Phi) is 5.17. The van der Waals surface area contributed by atoms with Gasteiger partial charge in [-0.1, -0.05) is 6.92 Å². The maximum absolute atomic E-state index is 12.2. The number of rotatable bonds is 4. The number of carbonyl (C=O) groups is 1. The predicted octanol–water partition coefficient (Wildman–Crippen LogP) is 2.35. The van der Waals surface area contributed by atoms with Crippen molar-refractivity contribution in [3.05, 3.63) is 23.8 Å². The van der Waals surface area contributed by atoms with Crippen molar-refractivity contribution < 1.29 is 4.79 Å². The number of nitrogens with two attached hydrogens (primary N) is 1. The van der Waals surface area contributed by atoms with Crippen LogP contribution < -0.4 is 16.0 Å². The van der Waals surface area contributed by atoms with Crippen molar-refractivity contribution in [1.82, 2.24) is 5.32 Å². The van der Waals surface area contributed by atoms with Crippen molar-refractivity contribution in [3.63, 3.8) is 0 Å². The molecule has 0 aromatic heterocycles. The molecule has 1 atom stereocenters. The zero-order valence-corrected chi connectivity index (χ0v) is 13.0. The number of nitrogens with one attached hydrogen (secondary N) is 1. The highest BCUT2D eigenvalue weighted by Gasteiger charge is 2.23. The molecule has 0 spiro atoms. The fraction of sp³-hybridized carbons (Fsp3) is 0.533. The van der Waals surface area contributed by atoms with Gasteiger partial charge >= 0.3 is 0 Å². The van der Waals surface area contributed by atoms with Crippen LogP contribution >= 0.6 is 11.8 Å². The fourth-order valence-electron chi connectivity index (χ4n) is 2.44. The van der Waals surface area contributed by atoms with Crippen molar-refractivity contribution in [1.29, 1.82) is 0 Å². The van der Waals surface area contributed by atoms with E-state index in [1.165, 1.54) is 0 Å². The summed E-state index contributed by atoms with van der Waals surface area (Å²) in [4.78, 5) is 14.5. The van der Waals surface area contributed by atoms with E-state index in [1.807, 2.05) is 30.8 Å². The minimum absolute atomic E-state index is 0.0197. The molecular weight excluding hydrogens is 270 g/mol. The summed E-state index contributed by atoms with van der Waals surface area (Å²) in [5.74, 6) is 1.08. The summed E-state index contributed by atoms with van der Waals surface area (Å²) in [6.45, 7) is 6.73. The molecule has 20 heavy (non-hydrogen) atoms. The largest absolute Gasteiger partial charge is 0.399 e. The summed E-state index contributed by atoms with van der Waals surface area (Å²) in [6.07, 6.45) is 1.15. The third-order valence-corrected chi connectivity index (χ3v) is 4.91. The molecule has 1 aliphatic rings. The number of benzene rings is 1. The van der Waals surface area contributed by atoms with Crippen molar-refractivity contribution in [3.8, 4) is 0 Å². The predicted molar refractivity (Wildman–Crippen MR) is 87.6 cm³/mol. The smallest absolute Gasteiger partial charge is 0.253 e. The number of nitrogens with zero attached hydrogens (tertiary/aromatic N) is 1. The van der Waals surface area contributed by atoms with Crippen LogP contribution in [-0.4, -0.2) is 36.5 Å². The van der Waals surface area contributed by atoms with Gasteiger partial charge in [0, 0.05) is 36.3 Å². The molecule has 1 fully saturated rings. The minimum atomic E-state index is -0.0197. The normalized spacial score (nSPS) is 18.9. The lowest BCUT2D eigenvalue weighted by Gasteiger charge is -2.34. The number of carbonyl (C=O) groups excluding carboxylic acids is 1. The van der Waals surface area contributed by atoms with Gasteiger partial charge in [-0.25, -0.2) is 0 Å². The van der Waals surface area contributed by atoms with Crippen molar-refractivity contribution in [2.24, 2.45) is 0 Å². The van der Waals surface area contributed by atoms with Gasteiger partial charge in [-0.05, 0) is 31.5 Å². The van der Waals surface area contributed by atoms with Crippen LogP contribution in [0, 0.1) is 0 Å². The van der Waals surface area contributed by atoms with Crippen molar-refractivity contribution in [2.45, 2.75) is 25.5 Å². The molecule has 1 aromatic rings. The van der Waals surface area contributed by atoms with Gasteiger partial charge in [-0.2, -0.15) is 11.8 Å². The molecule has 1 aromatic carbocycles. The van der Waals surface area contributed by atoms with E-state index in [-0.39, 0.29) is 5.91 Å². The van der Waals surface area contributed by atoms with Crippen LogP contribution in [0.4, 0.5) is 11.4 Å². The second-order valence-corrected chi connectivity index (χ2v) is 6.39. The Morgan fingerprint density at radius 2 is 2.30 bits per heavy atom. The van der Waals surface area contributed by atoms with E-state index < -0.39 is 0 Å². The van der Waals surface area contributed by atoms with Gasteiger partial charge in [-0.3, -0.25) is 4.79 Å². The topological polar surface area (TPSA) is 58.4 Å². The van der Waals surface area contributed by atoms with E-state index in [4.69, 9.17) is 5.73 Å². The Morgan fingerprint density at radius 3 is 3.00 bits per heavy atom. The summed E-state index contributed by atoms with van der Waals surface area (Å²) < 4.78 is 0. The molecule has 2 rings (SSSR count). The maximum atomic E-state index is 12.2. The van der Waals surface area contributed by atoms with Gasteiger partial charge in [0.2, 0.25) is 0 Å². The van der Waals surface area contributed by atoms with E-state index in [2.05, 4.69) is 17.1 Å². The van der Waals surface area contributed by atoms with E-state index in [0.717, 1.165) is 36.5 Å². The molecule has 0 bridgehead atoms. The van der Waals surface area contributed by atoms with E-state index in [1.54, 1.807) is 6.07 Å². The number of amides is 1. The SMILES string of the molecule is CCNC(=O)c1ccc(N)cc1N1CCSC(CC)C1. The Hall–Kier alpha value is -1.36. The van der Waals surface area contributed by atoms with Crippen LogP contribution in [0.25, 0.3) is 0 Å². The number of hydrogen-bond acceptors (Lipinski definition) is 4. The minimum Gasteiger partial charge on any atom is -0.399 e. The quantitative estimate of drug-likeness (QED) is 0.837. The van der Waals surface area contributed by atoms with Gasteiger partial charge in [0.15, 0.2) is 0 Å². The van der Waals surface area contributed by atoms with Gasteiger partial charge in [0.25, 0.3) is 5.91 Å². The summed E-state index contributed by atoms with van der Waals surface area (Å²) >= 11 is 2.02. The molecule has 1 aliphatic heterocycles. The molecular formula is C15H23N3OS. The average Bonchev–Trinajstić information content (AvgIpc) is 2.47. The zero-order chi connectivity index (χ0) is 14.5. The fourth-order valence-corrected chi connectivity index (χ4v) is 3.62. The molecule has 1 amide bonds. The van der Waals surface area contributed by atoms with Gasteiger partial charge in [-0.15, -0.1) is 0 Å². The number of thioether (sulfide) groups is 1. The van der Waals surface area contributed by atoms with E-state index in [0.29, 0.717) is 17.5 Å². The maximum Gasteiger partial charge on any atom is 0.253 e. The lowest BCUT2D eigenvalue weighted by atomic mass is 10.1. The second kappa shape index (κ2) is 6.88. The molecule has 1 saturated heterocycles. The Bertz CT molecular complexity index is 478.